The van der Waals surface area contributed by atoms with Gasteiger partial charge in [0.25, 0.3) is 0 Å². The van der Waals surface area contributed by atoms with E-state index in [1.807, 2.05) is 49.1 Å². The monoisotopic (exact) mass is 262 g/mol. The highest BCUT2D eigenvalue weighted by Crippen LogP contribution is 2.19. The standard InChI is InChI=1S/C15H22N2O2/c1-11-12(2)19-9-8-17(11)15(18)10-14(16)13-6-4-3-5-7-13/h3-7,11-12,14H,8-10,16H2,1-2H3. The fourth-order valence-corrected chi connectivity index (χ4v) is 2.41. The predicted octanol–water partition coefficient (Wildman–Crippen LogP) is 1.71. The average Bonchev–Trinajstić information content (AvgIpc) is 2.42. The molecular formula is C15H22N2O2. The number of morpholine rings is 1. The van der Waals surface area contributed by atoms with Crippen LogP contribution in [-0.4, -0.2) is 36.1 Å². The Morgan fingerprint density at radius 1 is 1.42 bits per heavy atom. The van der Waals surface area contributed by atoms with Gasteiger partial charge in [-0.25, -0.2) is 0 Å². The molecule has 3 unspecified atom stereocenters. The van der Waals surface area contributed by atoms with E-state index in [2.05, 4.69) is 0 Å². The molecule has 0 aliphatic carbocycles. The third-order valence-electron chi connectivity index (χ3n) is 3.83. The van der Waals surface area contributed by atoms with Crippen molar-refractivity contribution in [2.24, 2.45) is 5.73 Å². The van der Waals surface area contributed by atoms with Gasteiger partial charge in [0.2, 0.25) is 5.91 Å². The van der Waals surface area contributed by atoms with E-state index in [0.29, 0.717) is 19.6 Å². The summed E-state index contributed by atoms with van der Waals surface area (Å²) >= 11 is 0. The minimum absolute atomic E-state index is 0.0886. The molecule has 1 aromatic carbocycles. The largest absolute Gasteiger partial charge is 0.375 e. The normalized spacial score (nSPS) is 25.1. The molecule has 1 amide bonds. The van der Waals surface area contributed by atoms with Gasteiger partial charge in [-0.05, 0) is 19.4 Å². The highest BCUT2D eigenvalue weighted by Gasteiger charge is 2.29. The van der Waals surface area contributed by atoms with Gasteiger partial charge in [-0.15, -0.1) is 0 Å². The summed E-state index contributed by atoms with van der Waals surface area (Å²) in [6, 6.07) is 9.64. The summed E-state index contributed by atoms with van der Waals surface area (Å²) in [5.41, 5.74) is 7.11. The van der Waals surface area contributed by atoms with E-state index in [1.165, 1.54) is 0 Å². The van der Waals surface area contributed by atoms with Crippen LogP contribution >= 0.6 is 0 Å². The van der Waals surface area contributed by atoms with Gasteiger partial charge in [-0.3, -0.25) is 4.79 Å². The Morgan fingerprint density at radius 3 is 2.79 bits per heavy atom. The Kier molecular flexibility index (Phi) is 4.56. The zero-order valence-electron chi connectivity index (χ0n) is 11.6. The van der Waals surface area contributed by atoms with Crippen LogP contribution in [0, 0.1) is 0 Å². The zero-order chi connectivity index (χ0) is 13.8. The maximum Gasteiger partial charge on any atom is 0.224 e. The van der Waals surface area contributed by atoms with Crippen molar-refractivity contribution in [3.63, 3.8) is 0 Å². The Labute approximate surface area is 114 Å². The smallest absolute Gasteiger partial charge is 0.224 e. The van der Waals surface area contributed by atoms with Crippen molar-refractivity contribution in [2.75, 3.05) is 13.2 Å². The van der Waals surface area contributed by atoms with Gasteiger partial charge in [0.15, 0.2) is 0 Å². The van der Waals surface area contributed by atoms with Crippen LogP contribution in [0.1, 0.15) is 31.9 Å². The molecular weight excluding hydrogens is 240 g/mol. The van der Waals surface area contributed by atoms with E-state index in [1.54, 1.807) is 0 Å². The van der Waals surface area contributed by atoms with Crippen molar-refractivity contribution in [2.45, 2.75) is 38.5 Å². The quantitative estimate of drug-likeness (QED) is 0.902. The number of nitrogens with two attached hydrogens (primary N) is 1. The summed E-state index contributed by atoms with van der Waals surface area (Å²) in [4.78, 5) is 14.2. The summed E-state index contributed by atoms with van der Waals surface area (Å²) in [7, 11) is 0. The second kappa shape index (κ2) is 6.17. The molecule has 2 N–H and O–H groups in total. The van der Waals surface area contributed by atoms with Crippen LogP contribution in [0.15, 0.2) is 30.3 Å². The van der Waals surface area contributed by atoms with E-state index >= 15 is 0 Å². The number of hydrogen-bond donors (Lipinski definition) is 1. The molecule has 4 nitrogen and oxygen atoms in total. The second-order valence-electron chi connectivity index (χ2n) is 5.12. The Balaban J connectivity index is 1.97. The van der Waals surface area contributed by atoms with Gasteiger partial charge < -0.3 is 15.4 Å². The molecule has 1 heterocycles. The van der Waals surface area contributed by atoms with E-state index in [-0.39, 0.29) is 24.1 Å². The molecule has 0 bridgehead atoms. The van der Waals surface area contributed by atoms with Crippen LogP contribution in [0.4, 0.5) is 0 Å². The van der Waals surface area contributed by atoms with E-state index in [4.69, 9.17) is 10.5 Å². The molecule has 0 saturated carbocycles. The number of carbonyl (C=O) groups excluding carboxylic acids is 1. The minimum Gasteiger partial charge on any atom is -0.375 e. The van der Waals surface area contributed by atoms with E-state index < -0.39 is 0 Å². The molecule has 1 saturated heterocycles. The maximum atomic E-state index is 12.3. The fourth-order valence-electron chi connectivity index (χ4n) is 2.41. The molecule has 0 radical (unpaired) electrons. The second-order valence-corrected chi connectivity index (χ2v) is 5.12. The van der Waals surface area contributed by atoms with Crippen LogP contribution in [0.3, 0.4) is 0 Å². The summed E-state index contributed by atoms with van der Waals surface area (Å²) in [6.45, 7) is 5.29. The SMILES string of the molecule is CC1OCCN(C(=O)CC(N)c2ccccc2)C1C. The third kappa shape index (κ3) is 3.33. The lowest BCUT2D eigenvalue weighted by Crippen LogP contribution is -2.51. The van der Waals surface area contributed by atoms with Crippen molar-refractivity contribution >= 4 is 5.91 Å². The van der Waals surface area contributed by atoms with Crippen molar-refractivity contribution in [1.82, 2.24) is 4.90 Å². The summed E-state index contributed by atoms with van der Waals surface area (Å²) in [5, 5.41) is 0. The van der Waals surface area contributed by atoms with Crippen LogP contribution in [0.25, 0.3) is 0 Å². The van der Waals surface area contributed by atoms with Crippen molar-refractivity contribution in [3.8, 4) is 0 Å². The Hall–Kier alpha value is -1.39. The first kappa shape index (κ1) is 14.0. The Morgan fingerprint density at radius 2 is 2.11 bits per heavy atom. The summed E-state index contributed by atoms with van der Waals surface area (Å²) in [5.74, 6) is 0.110. The van der Waals surface area contributed by atoms with Crippen LogP contribution < -0.4 is 5.73 Å². The predicted molar refractivity (Wildman–Crippen MR) is 74.6 cm³/mol. The zero-order valence-corrected chi connectivity index (χ0v) is 11.6. The molecule has 0 spiro atoms. The van der Waals surface area contributed by atoms with Gasteiger partial charge in [-0.2, -0.15) is 0 Å². The molecule has 0 aromatic heterocycles. The number of carbonyl (C=O) groups is 1. The van der Waals surface area contributed by atoms with Gasteiger partial charge in [0.05, 0.1) is 18.8 Å². The van der Waals surface area contributed by atoms with E-state index in [9.17, 15) is 4.79 Å². The molecule has 1 aliphatic rings. The van der Waals surface area contributed by atoms with Crippen LogP contribution in [-0.2, 0) is 9.53 Å². The molecule has 3 atom stereocenters. The highest BCUT2D eigenvalue weighted by molar-refractivity contribution is 5.77. The lowest BCUT2D eigenvalue weighted by Gasteiger charge is -2.38. The lowest BCUT2D eigenvalue weighted by molar-refractivity contribution is -0.144. The van der Waals surface area contributed by atoms with Crippen LogP contribution in [0.2, 0.25) is 0 Å². The van der Waals surface area contributed by atoms with Gasteiger partial charge >= 0.3 is 0 Å². The first-order chi connectivity index (χ1) is 9.09. The third-order valence-corrected chi connectivity index (χ3v) is 3.83. The molecule has 2 rings (SSSR count). The molecule has 104 valence electrons. The summed E-state index contributed by atoms with van der Waals surface area (Å²) in [6.07, 6.45) is 0.437. The number of benzene rings is 1. The molecule has 1 aliphatic heterocycles. The summed E-state index contributed by atoms with van der Waals surface area (Å²) < 4.78 is 5.53. The van der Waals surface area contributed by atoms with Crippen LogP contribution in [0.5, 0.6) is 0 Å². The molecule has 1 fully saturated rings. The van der Waals surface area contributed by atoms with Crippen molar-refractivity contribution in [1.29, 1.82) is 0 Å². The topological polar surface area (TPSA) is 55.6 Å². The minimum atomic E-state index is -0.237. The van der Waals surface area contributed by atoms with Gasteiger partial charge in [-0.1, -0.05) is 30.3 Å². The number of amides is 1. The van der Waals surface area contributed by atoms with Gasteiger partial charge in [0.1, 0.15) is 0 Å². The lowest BCUT2D eigenvalue weighted by atomic mass is 10.0. The molecule has 19 heavy (non-hydrogen) atoms. The Bertz CT molecular complexity index is 421. The molecule has 1 aromatic rings. The van der Waals surface area contributed by atoms with Crippen molar-refractivity contribution in [3.05, 3.63) is 35.9 Å². The maximum absolute atomic E-state index is 12.3. The number of rotatable bonds is 3. The molecule has 4 heteroatoms. The number of nitrogens with zero attached hydrogens (tertiary/aromatic N) is 1. The van der Waals surface area contributed by atoms with Gasteiger partial charge in [0, 0.05) is 19.0 Å². The van der Waals surface area contributed by atoms with Crippen molar-refractivity contribution < 1.29 is 9.53 Å². The fraction of sp³-hybridized carbons (Fsp3) is 0.533. The highest BCUT2D eigenvalue weighted by atomic mass is 16.5. The average molecular weight is 262 g/mol. The van der Waals surface area contributed by atoms with E-state index in [0.717, 1.165) is 5.56 Å². The number of hydrogen-bond acceptors (Lipinski definition) is 3. The first-order valence-electron chi connectivity index (χ1n) is 6.81. The number of ether oxygens (including phenoxy) is 1. The first-order valence-corrected chi connectivity index (χ1v) is 6.81.